The predicted molar refractivity (Wildman–Crippen MR) is 101 cm³/mol. The average molecular weight is 368 g/mol. The summed E-state index contributed by atoms with van der Waals surface area (Å²) in [6.45, 7) is 3.81. The lowest BCUT2D eigenvalue weighted by Gasteiger charge is -2.30. The molecule has 2 aromatic heterocycles. The van der Waals surface area contributed by atoms with E-state index in [1.807, 2.05) is 18.2 Å². The van der Waals surface area contributed by atoms with Crippen molar-refractivity contribution in [3.63, 3.8) is 0 Å². The number of nitrogen functional groups attached to an aromatic ring is 1. The van der Waals surface area contributed by atoms with Crippen LogP contribution in [-0.2, 0) is 0 Å². The molecule has 0 unspecified atom stereocenters. The normalized spacial score (nSPS) is 23.1. The van der Waals surface area contributed by atoms with E-state index in [1.54, 1.807) is 12.4 Å². The Morgan fingerprint density at radius 1 is 1.23 bits per heavy atom. The first-order chi connectivity index (χ1) is 12.5. The second kappa shape index (κ2) is 10.3. The Hall–Kier alpha value is -1.90. The summed E-state index contributed by atoms with van der Waals surface area (Å²) in [5, 5.41) is 36.5. The molecule has 8 heteroatoms. The van der Waals surface area contributed by atoms with Crippen molar-refractivity contribution in [3.8, 4) is 5.88 Å². The molecule has 0 aromatic carbocycles. The van der Waals surface area contributed by atoms with Crippen molar-refractivity contribution in [2.45, 2.75) is 63.9 Å². The fraction of sp³-hybridized carbons (Fsp3) is 0.667. The molecule has 6 N–H and O–H groups in total. The van der Waals surface area contributed by atoms with Gasteiger partial charge in [-0.1, -0.05) is 13.8 Å². The molecule has 148 valence electrons. The number of aliphatic hydroxyl groups excluding tert-OH is 2. The summed E-state index contributed by atoms with van der Waals surface area (Å²) in [4.78, 5) is 8.28. The van der Waals surface area contributed by atoms with Crippen LogP contribution in [0.2, 0.25) is 0 Å². The zero-order valence-corrected chi connectivity index (χ0v) is 15.9. The molecule has 0 radical (unpaired) electrons. The van der Waals surface area contributed by atoms with Gasteiger partial charge in [0.15, 0.2) is 11.3 Å². The Morgan fingerprint density at radius 2 is 1.81 bits per heavy atom. The van der Waals surface area contributed by atoms with E-state index < -0.39 is 5.60 Å². The number of imidazole rings is 1. The van der Waals surface area contributed by atoms with Crippen LogP contribution in [0.4, 0.5) is 5.82 Å². The molecule has 0 atom stereocenters. The van der Waals surface area contributed by atoms with E-state index in [2.05, 4.69) is 9.97 Å². The average Bonchev–Trinajstić information content (AvgIpc) is 2.99. The third-order valence-corrected chi connectivity index (χ3v) is 4.64. The van der Waals surface area contributed by atoms with Gasteiger partial charge in [0.05, 0.1) is 12.2 Å². The van der Waals surface area contributed by atoms with Crippen LogP contribution in [0.15, 0.2) is 12.4 Å². The third-order valence-electron chi connectivity index (χ3n) is 4.64. The summed E-state index contributed by atoms with van der Waals surface area (Å²) < 4.78 is 1.81. The first-order valence-corrected chi connectivity index (χ1v) is 9.13. The molecule has 0 aliphatic heterocycles. The Balaban J connectivity index is 0.000000791. The van der Waals surface area contributed by atoms with Crippen molar-refractivity contribution in [2.24, 2.45) is 0 Å². The van der Waals surface area contributed by atoms with Crippen LogP contribution in [0, 0.1) is 0 Å². The molecule has 8 nitrogen and oxygen atoms in total. The van der Waals surface area contributed by atoms with Crippen molar-refractivity contribution in [1.82, 2.24) is 14.4 Å². The van der Waals surface area contributed by atoms with E-state index in [1.165, 1.54) is 0 Å². The Morgan fingerprint density at radius 3 is 2.35 bits per heavy atom. The molecule has 1 fully saturated rings. The van der Waals surface area contributed by atoms with Crippen LogP contribution in [0.1, 0.15) is 64.1 Å². The standard InChI is InChI=1S/C15H22N4O3.C2H6.CH4O/c16-12-11-14(21)18-13(19(11)8-7-17-12)10-3-1-5-15(22,9-20)6-2-4-10;2*1-2/h7-8,10,20-22H,1-6,9H2,(H2,16,17);1-2H3;2H,1H3. The summed E-state index contributed by atoms with van der Waals surface area (Å²) in [7, 11) is 1.00. The molecular formula is C18H32N4O4. The van der Waals surface area contributed by atoms with Gasteiger partial charge in [-0.15, -0.1) is 0 Å². The van der Waals surface area contributed by atoms with Gasteiger partial charge < -0.3 is 26.2 Å². The van der Waals surface area contributed by atoms with Gasteiger partial charge >= 0.3 is 0 Å². The molecule has 3 rings (SSSR count). The number of aliphatic hydroxyl groups is 3. The van der Waals surface area contributed by atoms with E-state index >= 15 is 0 Å². The van der Waals surface area contributed by atoms with Crippen LogP contribution >= 0.6 is 0 Å². The zero-order valence-electron chi connectivity index (χ0n) is 15.9. The number of anilines is 1. The smallest absolute Gasteiger partial charge is 0.241 e. The van der Waals surface area contributed by atoms with Crippen LogP contribution in [-0.4, -0.2) is 54.1 Å². The second-order valence-corrected chi connectivity index (χ2v) is 6.19. The molecule has 2 aromatic rings. The van der Waals surface area contributed by atoms with E-state index in [-0.39, 0.29) is 24.2 Å². The van der Waals surface area contributed by atoms with Gasteiger partial charge in [0, 0.05) is 25.4 Å². The van der Waals surface area contributed by atoms with Gasteiger partial charge in [-0.25, -0.2) is 4.98 Å². The van der Waals surface area contributed by atoms with Gasteiger partial charge in [-0.2, -0.15) is 4.98 Å². The molecule has 0 saturated heterocycles. The molecule has 1 aliphatic carbocycles. The van der Waals surface area contributed by atoms with Crippen molar-refractivity contribution in [3.05, 3.63) is 18.2 Å². The number of hydrogen-bond donors (Lipinski definition) is 5. The van der Waals surface area contributed by atoms with Gasteiger partial charge in [0.1, 0.15) is 5.82 Å². The fourth-order valence-electron chi connectivity index (χ4n) is 3.40. The highest BCUT2D eigenvalue weighted by atomic mass is 16.3. The van der Waals surface area contributed by atoms with Gasteiger partial charge in [-0.3, -0.25) is 4.40 Å². The lowest BCUT2D eigenvalue weighted by molar-refractivity contribution is -0.0350. The first kappa shape index (κ1) is 22.1. The minimum absolute atomic E-state index is 0.0884. The lowest BCUT2D eigenvalue weighted by Crippen LogP contribution is -2.34. The monoisotopic (exact) mass is 368 g/mol. The van der Waals surface area contributed by atoms with E-state index in [9.17, 15) is 15.3 Å². The topological polar surface area (TPSA) is 137 Å². The van der Waals surface area contributed by atoms with E-state index in [0.717, 1.165) is 38.6 Å². The number of hydrogen-bond acceptors (Lipinski definition) is 7. The highest BCUT2D eigenvalue weighted by Crippen LogP contribution is 2.36. The van der Waals surface area contributed by atoms with Crippen molar-refractivity contribution in [1.29, 1.82) is 0 Å². The maximum absolute atomic E-state index is 10.2. The van der Waals surface area contributed by atoms with Gasteiger partial charge in [0.25, 0.3) is 0 Å². The molecule has 0 bridgehead atoms. The van der Waals surface area contributed by atoms with Crippen LogP contribution in [0.3, 0.4) is 0 Å². The van der Waals surface area contributed by atoms with Crippen molar-refractivity contribution in [2.75, 3.05) is 19.5 Å². The molecule has 0 amide bonds. The Labute approximate surface area is 154 Å². The van der Waals surface area contributed by atoms with E-state index in [4.69, 9.17) is 10.8 Å². The SMILES string of the molecule is CC.CO.Nc1nccn2c(C3CCCC(O)(CO)CCC3)nc(O)c12. The van der Waals surface area contributed by atoms with Gasteiger partial charge in [-0.05, 0) is 38.5 Å². The predicted octanol–water partition coefficient (Wildman–Crippen LogP) is 1.81. The first-order valence-electron chi connectivity index (χ1n) is 9.13. The molecule has 2 heterocycles. The van der Waals surface area contributed by atoms with Gasteiger partial charge in [0.2, 0.25) is 5.88 Å². The molecule has 1 saturated carbocycles. The maximum Gasteiger partial charge on any atom is 0.241 e. The summed E-state index contributed by atoms with van der Waals surface area (Å²) in [6, 6.07) is 0. The molecule has 26 heavy (non-hydrogen) atoms. The molecule has 1 aliphatic rings. The van der Waals surface area contributed by atoms with Crippen molar-refractivity contribution >= 4 is 11.3 Å². The summed E-state index contributed by atoms with van der Waals surface area (Å²) in [5.74, 6) is 1.16. The second-order valence-electron chi connectivity index (χ2n) is 6.19. The maximum atomic E-state index is 10.2. The minimum atomic E-state index is -0.948. The zero-order chi connectivity index (χ0) is 19.7. The number of fused-ring (bicyclic) bond motifs is 1. The summed E-state index contributed by atoms with van der Waals surface area (Å²) in [5.41, 5.74) is 5.32. The van der Waals surface area contributed by atoms with Crippen LogP contribution in [0.5, 0.6) is 5.88 Å². The Kier molecular flexibility index (Phi) is 8.77. The summed E-state index contributed by atoms with van der Waals surface area (Å²) >= 11 is 0. The Bertz CT molecular complexity index is 664. The number of aromatic nitrogens is 3. The van der Waals surface area contributed by atoms with Crippen molar-refractivity contribution < 1.29 is 20.4 Å². The third kappa shape index (κ3) is 4.84. The number of nitrogens with zero attached hydrogens (tertiary/aromatic N) is 3. The van der Waals surface area contributed by atoms with Crippen LogP contribution < -0.4 is 5.73 Å². The van der Waals surface area contributed by atoms with E-state index in [0.29, 0.717) is 18.4 Å². The fourth-order valence-corrected chi connectivity index (χ4v) is 3.40. The lowest BCUT2D eigenvalue weighted by atomic mass is 9.83. The number of nitrogens with two attached hydrogens (primary N) is 1. The summed E-state index contributed by atoms with van der Waals surface area (Å²) in [6.07, 6.45) is 7.83. The highest BCUT2D eigenvalue weighted by Gasteiger charge is 2.30. The number of aromatic hydroxyl groups is 1. The number of rotatable bonds is 2. The largest absolute Gasteiger partial charge is 0.492 e. The quantitative estimate of drug-likeness (QED) is 0.545. The minimum Gasteiger partial charge on any atom is -0.492 e. The molecular weight excluding hydrogens is 336 g/mol. The highest BCUT2D eigenvalue weighted by molar-refractivity contribution is 5.72. The van der Waals surface area contributed by atoms with Crippen LogP contribution in [0.25, 0.3) is 5.52 Å². The molecule has 0 spiro atoms.